The molecule has 4 nitrogen and oxygen atoms in total. The number of nitrogens with zero attached hydrogens (tertiary/aromatic N) is 3. The maximum atomic E-state index is 6.67. The van der Waals surface area contributed by atoms with Gasteiger partial charge in [0.25, 0.3) is 0 Å². The minimum atomic E-state index is 0.600. The van der Waals surface area contributed by atoms with Gasteiger partial charge in [-0.25, -0.2) is 15.0 Å². The molecule has 2 aromatic heterocycles. The SMILES string of the molecule is c1ccc(-c2cccc(-c3cc4c5cc(-c6nc(-c7ccccc7)nc(-c7ccc(-c8ccccc8)c8ccccc78)n6)ccc5oc4c4ccccc34)c2)cc1. The van der Waals surface area contributed by atoms with Gasteiger partial charge in [0.2, 0.25) is 0 Å². The van der Waals surface area contributed by atoms with E-state index in [0.717, 1.165) is 71.3 Å². The van der Waals surface area contributed by atoms with E-state index in [1.54, 1.807) is 0 Å². The van der Waals surface area contributed by atoms with E-state index in [1.807, 2.05) is 42.5 Å². The molecule has 9 aromatic carbocycles. The lowest BCUT2D eigenvalue weighted by atomic mass is 9.93. The molecule has 0 aliphatic rings. The molecule has 0 fully saturated rings. The summed E-state index contributed by atoms with van der Waals surface area (Å²) in [5.74, 6) is 1.84. The van der Waals surface area contributed by atoms with Crippen molar-refractivity contribution in [2.24, 2.45) is 0 Å². The molecule has 0 unspecified atom stereocenters. The van der Waals surface area contributed by atoms with Gasteiger partial charge in [0.1, 0.15) is 11.2 Å². The zero-order valence-corrected chi connectivity index (χ0v) is 30.8. The quantitative estimate of drug-likeness (QED) is 0.171. The van der Waals surface area contributed by atoms with Crippen molar-refractivity contribution < 1.29 is 4.42 Å². The third-order valence-electron chi connectivity index (χ3n) is 10.9. The highest BCUT2D eigenvalue weighted by Crippen LogP contribution is 2.42. The van der Waals surface area contributed by atoms with Crippen LogP contribution in [0.2, 0.25) is 0 Å². The van der Waals surface area contributed by atoms with Gasteiger partial charge in [0.15, 0.2) is 17.5 Å². The Morgan fingerprint density at radius 2 is 0.789 bits per heavy atom. The van der Waals surface area contributed by atoms with Crippen LogP contribution < -0.4 is 0 Å². The topological polar surface area (TPSA) is 51.8 Å². The minimum absolute atomic E-state index is 0.600. The van der Waals surface area contributed by atoms with Crippen LogP contribution in [0.3, 0.4) is 0 Å². The lowest BCUT2D eigenvalue weighted by Crippen LogP contribution is -2.00. The highest BCUT2D eigenvalue weighted by molar-refractivity contribution is 6.19. The van der Waals surface area contributed by atoms with Crippen molar-refractivity contribution in [1.29, 1.82) is 0 Å². The van der Waals surface area contributed by atoms with Crippen LogP contribution in [0.4, 0.5) is 0 Å². The Labute approximate surface area is 329 Å². The van der Waals surface area contributed by atoms with Gasteiger partial charge in [-0.3, -0.25) is 0 Å². The lowest BCUT2D eigenvalue weighted by molar-refractivity contribution is 0.672. The van der Waals surface area contributed by atoms with Crippen molar-refractivity contribution in [2.75, 3.05) is 0 Å². The van der Waals surface area contributed by atoms with E-state index in [2.05, 4.69) is 158 Å². The average Bonchev–Trinajstić information content (AvgIpc) is 3.67. The van der Waals surface area contributed by atoms with E-state index in [-0.39, 0.29) is 0 Å². The van der Waals surface area contributed by atoms with Gasteiger partial charge in [-0.15, -0.1) is 0 Å². The second-order valence-electron chi connectivity index (χ2n) is 14.4. The molecule has 0 amide bonds. The molecule has 0 N–H and O–H groups in total. The first-order chi connectivity index (χ1) is 28.2. The predicted molar refractivity (Wildman–Crippen MR) is 235 cm³/mol. The van der Waals surface area contributed by atoms with Crippen molar-refractivity contribution >= 4 is 43.5 Å². The van der Waals surface area contributed by atoms with Crippen LogP contribution in [0.15, 0.2) is 205 Å². The molecule has 2 heterocycles. The van der Waals surface area contributed by atoms with E-state index >= 15 is 0 Å². The Kier molecular flexibility index (Phi) is 7.78. The molecule has 57 heavy (non-hydrogen) atoms. The number of hydrogen-bond acceptors (Lipinski definition) is 4. The Morgan fingerprint density at radius 1 is 0.263 bits per heavy atom. The smallest absolute Gasteiger partial charge is 0.164 e. The predicted octanol–water partition coefficient (Wildman–Crippen LogP) is 14.1. The van der Waals surface area contributed by atoms with Gasteiger partial charge in [-0.2, -0.15) is 0 Å². The summed E-state index contributed by atoms with van der Waals surface area (Å²) in [6.07, 6.45) is 0. The number of hydrogen-bond donors (Lipinski definition) is 0. The van der Waals surface area contributed by atoms with Gasteiger partial charge in [0, 0.05) is 32.8 Å². The zero-order chi connectivity index (χ0) is 37.7. The summed E-state index contributed by atoms with van der Waals surface area (Å²) in [6.45, 7) is 0. The summed E-state index contributed by atoms with van der Waals surface area (Å²) < 4.78 is 6.67. The normalized spacial score (nSPS) is 11.5. The molecule has 0 aliphatic heterocycles. The van der Waals surface area contributed by atoms with Gasteiger partial charge in [-0.05, 0) is 85.9 Å². The van der Waals surface area contributed by atoms with E-state index in [0.29, 0.717) is 17.5 Å². The van der Waals surface area contributed by atoms with Crippen molar-refractivity contribution in [1.82, 2.24) is 15.0 Å². The highest BCUT2D eigenvalue weighted by atomic mass is 16.3. The van der Waals surface area contributed by atoms with Gasteiger partial charge < -0.3 is 4.42 Å². The summed E-state index contributed by atoms with van der Waals surface area (Å²) in [5.41, 5.74) is 11.5. The summed E-state index contributed by atoms with van der Waals surface area (Å²) in [4.78, 5) is 15.5. The summed E-state index contributed by atoms with van der Waals surface area (Å²) in [6, 6.07) is 69.9. The van der Waals surface area contributed by atoms with Crippen LogP contribution in [0, 0.1) is 0 Å². The summed E-state index contributed by atoms with van der Waals surface area (Å²) in [5, 5.41) is 6.51. The van der Waals surface area contributed by atoms with Gasteiger partial charge in [0.05, 0.1) is 0 Å². The first kappa shape index (κ1) is 32.7. The number of aromatic nitrogens is 3. The number of rotatable bonds is 6. The first-order valence-corrected chi connectivity index (χ1v) is 19.2. The van der Waals surface area contributed by atoms with Crippen LogP contribution in [0.25, 0.3) is 111 Å². The lowest BCUT2D eigenvalue weighted by Gasteiger charge is -2.13. The standard InChI is InChI=1S/C53H33N3O/c1-4-15-34(16-5-1)37-21-14-22-38(31-37)46-33-48-47-32-39(27-30-49(47)57-50(48)44-26-13-12-25-43(44)46)52-54-51(36-19-8-3-9-20-36)55-53(56-52)45-29-28-40(35-17-6-2-7-18-35)41-23-10-11-24-42(41)45/h1-33H. The van der Waals surface area contributed by atoms with Crippen LogP contribution in [0.1, 0.15) is 0 Å². The number of furan rings is 1. The maximum Gasteiger partial charge on any atom is 0.164 e. The van der Waals surface area contributed by atoms with Crippen LogP contribution in [-0.4, -0.2) is 15.0 Å². The maximum absolute atomic E-state index is 6.67. The Balaban J connectivity index is 1.11. The molecule has 4 heteroatoms. The molecule has 11 rings (SSSR count). The Bertz CT molecular complexity index is 3280. The number of benzene rings is 9. The fourth-order valence-electron chi connectivity index (χ4n) is 8.18. The first-order valence-electron chi connectivity index (χ1n) is 19.2. The second-order valence-corrected chi connectivity index (χ2v) is 14.4. The summed E-state index contributed by atoms with van der Waals surface area (Å²) in [7, 11) is 0. The third kappa shape index (κ3) is 5.74. The van der Waals surface area contributed by atoms with E-state index < -0.39 is 0 Å². The molecule has 0 radical (unpaired) electrons. The van der Waals surface area contributed by atoms with Crippen molar-refractivity contribution in [2.45, 2.75) is 0 Å². The fourth-order valence-corrected chi connectivity index (χ4v) is 8.18. The van der Waals surface area contributed by atoms with E-state index in [1.165, 1.54) is 22.3 Å². The van der Waals surface area contributed by atoms with Crippen molar-refractivity contribution in [3.8, 4) is 67.5 Å². The molecule has 11 aromatic rings. The number of fused-ring (bicyclic) bond motifs is 6. The average molecular weight is 728 g/mol. The van der Waals surface area contributed by atoms with Crippen molar-refractivity contribution in [3.05, 3.63) is 200 Å². The Morgan fingerprint density at radius 3 is 1.51 bits per heavy atom. The van der Waals surface area contributed by atoms with E-state index in [4.69, 9.17) is 19.4 Å². The van der Waals surface area contributed by atoms with Crippen LogP contribution >= 0.6 is 0 Å². The highest BCUT2D eigenvalue weighted by Gasteiger charge is 2.19. The molecule has 0 bridgehead atoms. The molecule has 0 atom stereocenters. The van der Waals surface area contributed by atoms with E-state index in [9.17, 15) is 0 Å². The van der Waals surface area contributed by atoms with Crippen LogP contribution in [0.5, 0.6) is 0 Å². The fraction of sp³-hybridized carbons (Fsp3) is 0. The Hall–Kier alpha value is -7.69. The zero-order valence-electron chi connectivity index (χ0n) is 30.8. The summed E-state index contributed by atoms with van der Waals surface area (Å²) >= 11 is 0. The van der Waals surface area contributed by atoms with Gasteiger partial charge >= 0.3 is 0 Å². The molecule has 266 valence electrons. The third-order valence-corrected chi connectivity index (χ3v) is 10.9. The molecule has 0 saturated carbocycles. The molecule has 0 aliphatic carbocycles. The molecular weight excluding hydrogens is 695 g/mol. The molecular formula is C53H33N3O. The monoisotopic (exact) mass is 727 g/mol. The van der Waals surface area contributed by atoms with Crippen molar-refractivity contribution in [3.63, 3.8) is 0 Å². The minimum Gasteiger partial charge on any atom is -0.455 e. The molecule has 0 saturated heterocycles. The second kappa shape index (κ2) is 13.6. The molecule has 0 spiro atoms. The van der Waals surface area contributed by atoms with Gasteiger partial charge in [-0.1, -0.05) is 164 Å². The largest absolute Gasteiger partial charge is 0.455 e. The van der Waals surface area contributed by atoms with Crippen LogP contribution in [-0.2, 0) is 0 Å².